The normalized spacial score (nSPS) is 15.5. The van der Waals surface area contributed by atoms with Gasteiger partial charge in [0.1, 0.15) is 18.2 Å². The highest BCUT2D eigenvalue weighted by atomic mass is 32.2. The van der Waals surface area contributed by atoms with E-state index in [2.05, 4.69) is 29.6 Å². The van der Waals surface area contributed by atoms with E-state index >= 15 is 0 Å². The van der Waals surface area contributed by atoms with Crippen molar-refractivity contribution in [1.29, 1.82) is 0 Å². The van der Waals surface area contributed by atoms with Gasteiger partial charge in [-0.2, -0.15) is 5.10 Å². The molecule has 0 spiro atoms. The molecule has 1 aromatic heterocycles. The van der Waals surface area contributed by atoms with E-state index in [1.54, 1.807) is 11.8 Å². The van der Waals surface area contributed by atoms with Crippen LogP contribution in [0.5, 0.6) is 5.75 Å². The number of amides is 1. The van der Waals surface area contributed by atoms with Crippen molar-refractivity contribution >= 4 is 23.5 Å². The number of nitrogens with one attached hydrogen (secondary N) is 1. The van der Waals surface area contributed by atoms with Crippen LogP contribution in [0.2, 0.25) is 0 Å². The Kier molecular flexibility index (Phi) is 5.69. The van der Waals surface area contributed by atoms with Crippen LogP contribution in [0.15, 0.2) is 84.9 Å². The molecule has 160 valence electrons. The number of nitrogens with zero attached hydrogens (tertiary/aromatic N) is 2. The maximum Gasteiger partial charge on any atom is 0.235 e. The third kappa shape index (κ3) is 4.14. The molecule has 4 aromatic rings. The summed E-state index contributed by atoms with van der Waals surface area (Å²) < 4.78 is 7.77. The molecule has 0 radical (unpaired) electrons. The van der Waals surface area contributed by atoms with E-state index in [1.165, 1.54) is 0 Å². The molecule has 6 heteroatoms. The zero-order valence-corrected chi connectivity index (χ0v) is 18.5. The summed E-state index contributed by atoms with van der Waals surface area (Å²) in [5.74, 6) is 1.94. The average Bonchev–Trinajstić information content (AvgIpc) is 3.04. The fraction of sp³-hybridized carbons (Fsp3) is 0.154. The van der Waals surface area contributed by atoms with Crippen molar-refractivity contribution < 1.29 is 9.53 Å². The Morgan fingerprint density at radius 3 is 2.41 bits per heavy atom. The van der Waals surface area contributed by atoms with E-state index < -0.39 is 0 Å². The minimum absolute atomic E-state index is 0.00425. The minimum atomic E-state index is -0.0151. The van der Waals surface area contributed by atoms with E-state index in [0.29, 0.717) is 12.4 Å². The van der Waals surface area contributed by atoms with Gasteiger partial charge in [-0.15, -0.1) is 11.8 Å². The molecule has 1 atom stereocenters. The molecule has 0 bridgehead atoms. The first kappa shape index (κ1) is 20.4. The molecule has 5 nitrogen and oxygen atoms in total. The highest BCUT2D eigenvalue weighted by Gasteiger charge is 2.30. The molecule has 1 aliphatic heterocycles. The number of aromatic nitrogens is 2. The van der Waals surface area contributed by atoms with Crippen molar-refractivity contribution in [3.05, 3.63) is 107 Å². The summed E-state index contributed by atoms with van der Waals surface area (Å²) in [6, 6.07) is 28.2. The number of ether oxygens (including phenoxy) is 1. The summed E-state index contributed by atoms with van der Waals surface area (Å²) in [5.41, 5.74) is 5.13. The van der Waals surface area contributed by atoms with Gasteiger partial charge in [-0.1, -0.05) is 60.7 Å². The predicted molar refractivity (Wildman–Crippen MR) is 128 cm³/mol. The van der Waals surface area contributed by atoms with E-state index in [0.717, 1.165) is 39.6 Å². The second-order valence-corrected chi connectivity index (χ2v) is 8.77. The SMILES string of the molecule is Cc1nn(-c2ccccc2)c2c1[C@@H](c1ccc(OCc3ccccc3)cc1)SCC(=O)N2. The summed E-state index contributed by atoms with van der Waals surface area (Å²) in [5, 5.41) is 7.84. The van der Waals surface area contributed by atoms with E-state index in [4.69, 9.17) is 9.84 Å². The van der Waals surface area contributed by atoms with Crippen molar-refractivity contribution in [2.45, 2.75) is 18.8 Å². The van der Waals surface area contributed by atoms with Gasteiger partial charge < -0.3 is 10.1 Å². The Labute approximate surface area is 191 Å². The number of aryl methyl sites for hydroxylation is 1. The lowest BCUT2D eigenvalue weighted by Crippen LogP contribution is -2.15. The zero-order chi connectivity index (χ0) is 21.9. The van der Waals surface area contributed by atoms with Crippen molar-refractivity contribution in [2.75, 3.05) is 11.1 Å². The fourth-order valence-corrected chi connectivity index (χ4v) is 5.07. The van der Waals surface area contributed by atoms with Gasteiger partial charge >= 0.3 is 0 Å². The van der Waals surface area contributed by atoms with Crippen LogP contribution in [0.1, 0.15) is 27.6 Å². The second-order valence-electron chi connectivity index (χ2n) is 7.68. The summed E-state index contributed by atoms with van der Waals surface area (Å²) in [4.78, 5) is 12.5. The topological polar surface area (TPSA) is 56.2 Å². The van der Waals surface area contributed by atoms with E-state index in [9.17, 15) is 4.79 Å². The third-order valence-corrected chi connectivity index (χ3v) is 6.71. The van der Waals surface area contributed by atoms with Crippen LogP contribution in [0.25, 0.3) is 5.69 Å². The van der Waals surface area contributed by atoms with Gasteiger partial charge in [0.15, 0.2) is 0 Å². The highest BCUT2D eigenvalue weighted by Crippen LogP contribution is 2.44. The maximum atomic E-state index is 12.5. The number of hydrogen-bond acceptors (Lipinski definition) is 4. The second kappa shape index (κ2) is 8.93. The number of carbonyl (C=O) groups excluding carboxylic acids is 1. The first-order chi connectivity index (χ1) is 15.7. The molecule has 0 fully saturated rings. The number of para-hydroxylation sites is 1. The van der Waals surface area contributed by atoms with Crippen LogP contribution in [0.3, 0.4) is 0 Å². The summed E-state index contributed by atoms with van der Waals surface area (Å²) in [7, 11) is 0. The van der Waals surface area contributed by atoms with Crippen molar-refractivity contribution in [3.63, 3.8) is 0 Å². The smallest absolute Gasteiger partial charge is 0.235 e. The number of carbonyl (C=O) groups is 1. The molecule has 0 saturated heterocycles. The molecule has 3 aromatic carbocycles. The van der Waals surface area contributed by atoms with Gasteiger partial charge in [0.2, 0.25) is 5.91 Å². The van der Waals surface area contributed by atoms with Gasteiger partial charge in [-0.05, 0) is 42.3 Å². The number of rotatable bonds is 5. The molecule has 0 aliphatic carbocycles. The summed E-state index contributed by atoms with van der Waals surface area (Å²) >= 11 is 1.62. The summed E-state index contributed by atoms with van der Waals surface area (Å²) in [6.45, 7) is 2.53. The predicted octanol–water partition coefficient (Wildman–Crippen LogP) is 5.53. The van der Waals surface area contributed by atoms with Gasteiger partial charge in [-0.25, -0.2) is 4.68 Å². The van der Waals surface area contributed by atoms with Crippen LogP contribution in [0.4, 0.5) is 5.82 Å². The Morgan fingerprint density at radius 2 is 1.69 bits per heavy atom. The van der Waals surface area contributed by atoms with Gasteiger partial charge in [-0.3, -0.25) is 4.79 Å². The lowest BCUT2D eigenvalue weighted by molar-refractivity contribution is -0.113. The van der Waals surface area contributed by atoms with Crippen molar-refractivity contribution in [2.24, 2.45) is 0 Å². The molecule has 5 rings (SSSR count). The van der Waals surface area contributed by atoms with Crippen LogP contribution < -0.4 is 10.1 Å². The maximum absolute atomic E-state index is 12.5. The Hall–Kier alpha value is -3.51. The molecular formula is C26H23N3O2S. The molecule has 0 unspecified atom stereocenters. The third-order valence-electron chi connectivity index (χ3n) is 5.44. The number of fused-ring (bicyclic) bond motifs is 1. The molecule has 0 saturated carbocycles. The van der Waals surface area contributed by atoms with Gasteiger partial charge in [0, 0.05) is 5.56 Å². The first-order valence-corrected chi connectivity index (χ1v) is 11.6. The largest absolute Gasteiger partial charge is 0.489 e. The van der Waals surface area contributed by atoms with Crippen LogP contribution in [0, 0.1) is 6.92 Å². The average molecular weight is 442 g/mol. The minimum Gasteiger partial charge on any atom is -0.489 e. The standard InChI is InChI=1S/C26H23N3O2S/c1-18-24-25(20-12-14-22(15-13-20)31-16-19-8-4-2-5-9-19)32-17-23(30)27-26(24)29(28-18)21-10-6-3-7-11-21/h2-15,25H,16-17H2,1H3,(H,27,30)/t25-/m1/s1. The number of benzene rings is 3. The molecular weight excluding hydrogens is 418 g/mol. The molecule has 2 heterocycles. The quantitative estimate of drug-likeness (QED) is 0.442. The lowest BCUT2D eigenvalue weighted by atomic mass is 10.0. The summed E-state index contributed by atoms with van der Waals surface area (Å²) in [6.07, 6.45) is 0. The zero-order valence-electron chi connectivity index (χ0n) is 17.7. The van der Waals surface area contributed by atoms with E-state index in [1.807, 2.05) is 72.3 Å². The molecule has 1 N–H and O–H groups in total. The monoisotopic (exact) mass is 441 g/mol. The Balaban J connectivity index is 1.44. The molecule has 1 aliphatic rings. The Morgan fingerprint density at radius 1 is 1.00 bits per heavy atom. The Bertz CT molecular complexity index is 1220. The van der Waals surface area contributed by atoms with Crippen LogP contribution in [-0.2, 0) is 11.4 Å². The number of thioether (sulfide) groups is 1. The van der Waals surface area contributed by atoms with Crippen LogP contribution in [-0.4, -0.2) is 21.4 Å². The van der Waals surface area contributed by atoms with Gasteiger partial charge in [0.05, 0.1) is 22.4 Å². The van der Waals surface area contributed by atoms with Crippen molar-refractivity contribution in [1.82, 2.24) is 9.78 Å². The lowest BCUT2D eigenvalue weighted by Gasteiger charge is -2.16. The molecule has 1 amide bonds. The van der Waals surface area contributed by atoms with Gasteiger partial charge in [0.25, 0.3) is 0 Å². The highest BCUT2D eigenvalue weighted by molar-refractivity contribution is 8.00. The number of hydrogen-bond donors (Lipinski definition) is 1. The van der Waals surface area contributed by atoms with Crippen molar-refractivity contribution in [3.8, 4) is 11.4 Å². The van der Waals surface area contributed by atoms with E-state index in [-0.39, 0.29) is 11.2 Å². The molecule has 32 heavy (non-hydrogen) atoms. The van der Waals surface area contributed by atoms with Crippen LogP contribution >= 0.6 is 11.8 Å². The number of anilines is 1. The fourth-order valence-electron chi connectivity index (χ4n) is 3.88. The first-order valence-electron chi connectivity index (χ1n) is 10.5.